The maximum absolute atomic E-state index is 12.1. The number of nitrogens with zero attached hydrogens (tertiary/aromatic N) is 4. The number of anilines is 1. The number of rotatable bonds is 7. The number of esters is 1. The van der Waals surface area contributed by atoms with Crippen LogP contribution in [0.3, 0.4) is 0 Å². The Morgan fingerprint density at radius 1 is 1.21 bits per heavy atom. The van der Waals surface area contributed by atoms with E-state index in [0.29, 0.717) is 31.7 Å². The molecule has 0 saturated heterocycles. The number of azo groups is 1. The van der Waals surface area contributed by atoms with Gasteiger partial charge in [-0.05, 0) is 26.3 Å². The number of aromatic nitrogens is 1. The zero-order valence-electron chi connectivity index (χ0n) is 16.2. The molecule has 9 heteroatoms. The molecule has 2 heterocycles. The summed E-state index contributed by atoms with van der Waals surface area (Å²) in [5.74, 6) is -0.454. The minimum Gasteiger partial charge on any atom is -0.462 e. The van der Waals surface area contributed by atoms with Crippen molar-refractivity contribution in [1.82, 2.24) is 4.98 Å². The van der Waals surface area contributed by atoms with Gasteiger partial charge in [0.15, 0.2) is 15.1 Å². The smallest absolute Gasteiger partial charge is 0.348 e. The van der Waals surface area contributed by atoms with Gasteiger partial charge >= 0.3 is 5.97 Å². The van der Waals surface area contributed by atoms with Gasteiger partial charge in [-0.2, -0.15) is 5.26 Å². The van der Waals surface area contributed by atoms with E-state index in [1.54, 1.807) is 13.8 Å². The van der Waals surface area contributed by atoms with Gasteiger partial charge in [0.25, 0.3) is 0 Å². The molecule has 1 N–H and O–H groups in total. The maximum Gasteiger partial charge on any atom is 0.348 e. The molecule has 0 aliphatic rings. The average molecular weight is 426 g/mol. The van der Waals surface area contributed by atoms with Crippen LogP contribution in [0.1, 0.15) is 34.6 Å². The van der Waals surface area contributed by atoms with Crippen molar-refractivity contribution in [3.63, 3.8) is 0 Å². The Balaban J connectivity index is 2.01. The van der Waals surface area contributed by atoms with Gasteiger partial charge < -0.3 is 10.1 Å². The van der Waals surface area contributed by atoms with Crippen LogP contribution in [0, 0.1) is 18.3 Å². The third-order valence-electron chi connectivity index (χ3n) is 3.92. The number of nitriles is 1. The van der Waals surface area contributed by atoms with Crippen LogP contribution < -0.4 is 5.32 Å². The van der Waals surface area contributed by atoms with E-state index in [1.165, 1.54) is 11.3 Å². The maximum atomic E-state index is 12.1. The summed E-state index contributed by atoms with van der Waals surface area (Å²) in [5.41, 5.74) is 2.54. The second kappa shape index (κ2) is 9.41. The number of hydrogen-bond donors (Lipinski definition) is 1. The monoisotopic (exact) mass is 425 g/mol. The fourth-order valence-electron chi connectivity index (χ4n) is 2.57. The van der Waals surface area contributed by atoms with Crippen LogP contribution in [0.25, 0.3) is 11.3 Å². The summed E-state index contributed by atoms with van der Waals surface area (Å²) >= 11 is 2.49. The molecule has 0 radical (unpaired) electrons. The number of nitrogens with one attached hydrogen (secondary N) is 1. The highest BCUT2D eigenvalue weighted by Crippen LogP contribution is 2.41. The molecule has 0 spiro atoms. The molecule has 7 nitrogen and oxygen atoms in total. The first-order valence-corrected chi connectivity index (χ1v) is 10.6. The normalized spacial score (nSPS) is 10.8. The molecular weight excluding hydrogens is 406 g/mol. The minimum atomic E-state index is -0.454. The molecule has 1 aromatic carbocycles. The van der Waals surface area contributed by atoms with Crippen LogP contribution in [0.5, 0.6) is 0 Å². The van der Waals surface area contributed by atoms with Crippen molar-refractivity contribution in [2.75, 3.05) is 18.5 Å². The van der Waals surface area contributed by atoms with Crippen molar-refractivity contribution in [3.05, 3.63) is 46.3 Å². The van der Waals surface area contributed by atoms with Crippen LogP contribution in [-0.2, 0) is 4.74 Å². The van der Waals surface area contributed by atoms with E-state index in [9.17, 15) is 10.1 Å². The number of carbonyl (C=O) groups is 1. The van der Waals surface area contributed by atoms with Crippen LogP contribution in [-0.4, -0.2) is 24.1 Å². The molecule has 0 aliphatic carbocycles. The molecule has 0 saturated carbocycles. The molecule has 0 fully saturated rings. The lowest BCUT2D eigenvalue weighted by atomic mass is 10.2. The van der Waals surface area contributed by atoms with Crippen LogP contribution >= 0.6 is 22.7 Å². The molecule has 148 valence electrons. The highest BCUT2D eigenvalue weighted by molar-refractivity contribution is 7.19. The first-order valence-electron chi connectivity index (χ1n) is 9.01. The predicted octanol–water partition coefficient (Wildman–Crippen LogP) is 6.08. The van der Waals surface area contributed by atoms with Crippen LogP contribution in [0.2, 0.25) is 0 Å². The standard InChI is InChI=1S/C20H19N5O2S2/c1-4-22-20-23-15(13-9-7-6-8-10-13)18(29-20)25-24-17-14(11-21)12(3)16(28-17)19(26)27-5-2/h6-10H,4-5H2,1-3H3,(H,22,23)/b25-24+. The lowest BCUT2D eigenvalue weighted by molar-refractivity contribution is 0.0531. The Morgan fingerprint density at radius 3 is 2.59 bits per heavy atom. The van der Waals surface area contributed by atoms with Gasteiger partial charge in [-0.3, -0.25) is 0 Å². The van der Waals surface area contributed by atoms with Crippen molar-refractivity contribution < 1.29 is 9.53 Å². The highest BCUT2D eigenvalue weighted by Gasteiger charge is 2.21. The van der Waals surface area contributed by atoms with Crippen LogP contribution in [0.4, 0.5) is 15.1 Å². The lowest BCUT2D eigenvalue weighted by Gasteiger charge is -1.98. The molecular formula is C20H19N5O2S2. The van der Waals surface area contributed by atoms with Gasteiger partial charge in [0.2, 0.25) is 0 Å². The largest absolute Gasteiger partial charge is 0.462 e. The first kappa shape index (κ1) is 20.6. The number of hydrogen-bond acceptors (Lipinski definition) is 9. The molecule has 0 aliphatic heterocycles. The van der Waals surface area contributed by atoms with Gasteiger partial charge in [0, 0.05) is 12.1 Å². The number of carbonyl (C=O) groups excluding carboxylic acids is 1. The van der Waals surface area contributed by atoms with Gasteiger partial charge in [-0.1, -0.05) is 41.7 Å². The molecule has 3 aromatic rings. The summed E-state index contributed by atoms with van der Waals surface area (Å²) in [4.78, 5) is 17.1. The van der Waals surface area contributed by atoms with Crippen molar-refractivity contribution in [2.45, 2.75) is 20.8 Å². The zero-order chi connectivity index (χ0) is 20.8. The zero-order valence-corrected chi connectivity index (χ0v) is 17.9. The molecule has 0 atom stereocenters. The van der Waals surface area contributed by atoms with Gasteiger partial charge in [-0.25, -0.2) is 9.78 Å². The van der Waals surface area contributed by atoms with Gasteiger partial charge in [0.05, 0.1) is 12.2 Å². The summed E-state index contributed by atoms with van der Waals surface area (Å²) in [5, 5.41) is 23.1. The Hall–Kier alpha value is -3.09. The number of thiophene rings is 1. The molecule has 3 rings (SSSR count). The highest BCUT2D eigenvalue weighted by atomic mass is 32.1. The van der Waals surface area contributed by atoms with E-state index in [0.717, 1.165) is 28.6 Å². The van der Waals surface area contributed by atoms with E-state index in [4.69, 9.17) is 4.74 Å². The molecule has 0 bridgehead atoms. The second-order valence-electron chi connectivity index (χ2n) is 5.84. The molecule has 0 unspecified atom stereocenters. The van der Waals surface area contributed by atoms with E-state index < -0.39 is 5.97 Å². The minimum absolute atomic E-state index is 0.267. The van der Waals surface area contributed by atoms with Crippen LogP contribution in [0.15, 0.2) is 40.6 Å². The third kappa shape index (κ3) is 4.50. The quantitative estimate of drug-likeness (QED) is 0.365. The first-order chi connectivity index (χ1) is 14.1. The second-order valence-corrected chi connectivity index (χ2v) is 7.81. The lowest BCUT2D eigenvalue weighted by Crippen LogP contribution is -2.03. The van der Waals surface area contributed by atoms with E-state index in [-0.39, 0.29) is 6.61 Å². The van der Waals surface area contributed by atoms with Crippen molar-refractivity contribution in [3.8, 4) is 17.3 Å². The van der Waals surface area contributed by atoms with Crippen molar-refractivity contribution in [1.29, 1.82) is 5.26 Å². The molecule has 29 heavy (non-hydrogen) atoms. The summed E-state index contributed by atoms with van der Waals surface area (Å²) in [7, 11) is 0. The fraction of sp³-hybridized carbons (Fsp3) is 0.250. The van der Waals surface area contributed by atoms with Crippen molar-refractivity contribution in [2.24, 2.45) is 10.2 Å². The predicted molar refractivity (Wildman–Crippen MR) is 116 cm³/mol. The fourth-order valence-corrected chi connectivity index (χ4v) is 4.42. The average Bonchev–Trinajstić information content (AvgIpc) is 3.28. The van der Waals surface area contributed by atoms with E-state index >= 15 is 0 Å². The Kier molecular flexibility index (Phi) is 6.69. The summed E-state index contributed by atoms with van der Waals surface area (Å²) in [6, 6.07) is 11.8. The van der Waals surface area contributed by atoms with Gasteiger partial charge in [-0.15, -0.1) is 21.6 Å². The summed E-state index contributed by atoms with van der Waals surface area (Å²) < 4.78 is 5.07. The van der Waals surface area contributed by atoms with E-state index in [2.05, 4.69) is 26.6 Å². The van der Waals surface area contributed by atoms with E-state index in [1.807, 2.05) is 37.3 Å². The third-order valence-corrected chi connectivity index (χ3v) is 5.97. The number of thiazole rings is 1. The Labute approximate surface area is 176 Å². The topological polar surface area (TPSA) is 99.7 Å². The Morgan fingerprint density at radius 2 is 1.93 bits per heavy atom. The summed E-state index contributed by atoms with van der Waals surface area (Å²) in [6.45, 7) is 6.46. The van der Waals surface area contributed by atoms with Gasteiger partial charge in [0.1, 0.15) is 16.6 Å². The SMILES string of the molecule is CCNc1nc(-c2ccccc2)c(/N=N/c2sc(C(=O)OCC)c(C)c2C#N)s1. The Bertz CT molecular complexity index is 1080. The van der Waals surface area contributed by atoms with Crippen molar-refractivity contribution >= 4 is 43.8 Å². The molecule has 2 aromatic heterocycles. The molecule has 0 amide bonds. The number of benzene rings is 1. The number of ether oxygens (including phenoxy) is 1. The summed E-state index contributed by atoms with van der Waals surface area (Å²) in [6.07, 6.45) is 0.